The number of amides is 1. The van der Waals surface area contributed by atoms with Crippen molar-refractivity contribution in [2.45, 2.75) is 51.7 Å². The number of esters is 1. The van der Waals surface area contributed by atoms with Crippen molar-refractivity contribution in [3.63, 3.8) is 0 Å². The van der Waals surface area contributed by atoms with E-state index in [2.05, 4.69) is 5.32 Å². The van der Waals surface area contributed by atoms with Gasteiger partial charge in [0, 0.05) is 11.5 Å². The van der Waals surface area contributed by atoms with E-state index in [0.717, 1.165) is 5.56 Å². The molecule has 1 aromatic carbocycles. The molecule has 23 heavy (non-hydrogen) atoms. The quantitative estimate of drug-likeness (QED) is 0.841. The molecule has 0 saturated heterocycles. The van der Waals surface area contributed by atoms with Gasteiger partial charge in [0.25, 0.3) is 5.91 Å². The number of aliphatic hydroxyl groups is 1. The van der Waals surface area contributed by atoms with E-state index in [1.807, 2.05) is 51.1 Å². The molecule has 2 N–H and O–H groups in total. The standard InChI is InChI=1S/C18H23NO4/c1-11(12-9-7-6-8-10-12)13-14(20)18(5,23-15(13)21)16(22)19-17(2,3)4/h6-11,20H,1-5H3,(H,19,22). The summed E-state index contributed by atoms with van der Waals surface area (Å²) in [5, 5.41) is 13.3. The number of carbonyl (C=O) groups is 2. The molecule has 0 radical (unpaired) electrons. The van der Waals surface area contributed by atoms with Crippen LogP contribution < -0.4 is 5.32 Å². The minimum atomic E-state index is -1.69. The van der Waals surface area contributed by atoms with Gasteiger partial charge in [-0.15, -0.1) is 0 Å². The summed E-state index contributed by atoms with van der Waals surface area (Å²) >= 11 is 0. The van der Waals surface area contributed by atoms with Crippen LogP contribution in [0.3, 0.4) is 0 Å². The molecule has 0 saturated carbocycles. The third-order valence-electron chi connectivity index (χ3n) is 3.88. The summed E-state index contributed by atoms with van der Waals surface area (Å²) in [7, 11) is 0. The van der Waals surface area contributed by atoms with Crippen molar-refractivity contribution in [3.8, 4) is 0 Å². The maximum atomic E-state index is 12.5. The Kier molecular flexibility index (Phi) is 4.24. The first-order valence-electron chi connectivity index (χ1n) is 7.61. The van der Waals surface area contributed by atoms with Crippen molar-refractivity contribution in [2.75, 3.05) is 0 Å². The summed E-state index contributed by atoms with van der Waals surface area (Å²) in [6.45, 7) is 8.67. The van der Waals surface area contributed by atoms with E-state index in [0.29, 0.717) is 0 Å². The van der Waals surface area contributed by atoms with E-state index in [4.69, 9.17) is 4.74 Å². The van der Waals surface area contributed by atoms with E-state index in [-0.39, 0.29) is 17.3 Å². The fraction of sp³-hybridized carbons (Fsp3) is 0.444. The largest absolute Gasteiger partial charge is 0.507 e. The lowest BCUT2D eigenvalue weighted by Crippen LogP contribution is -2.52. The molecular formula is C18H23NO4. The van der Waals surface area contributed by atoms with Gasteiger partial charge in [0.15, 0.2) is 5.76 Å². The third kappa shape index (κ3) is 3.23. The molecule has 0 fully saturated rings. The summed E-state index contributed by atoms with van der Waals surface area (Å²) in [5.41, 5.74) is -1.20. The first kappa shape index (κ1) is 17.1. The highest BCUT2D eigenvalue weighted by Gasteiger charge is 2.52. The van der Waals surface area contributed by atoms with Crippen LogP contribution in [0.2, 0.25) is 0 Å². The van der Waals surface area contributed by atoms with Crippen molar-refractivity contribution in [2.24, 2.45) is 0 Å². The molecule has 5 nitrogen and oxygen atoms in total. The lowest BCUT2D eigenvalue weighted by molar-refractivity contribution is -0.158. The van der Waals surface area contributed by atoms with Crippen LogP contribution in [-0.4, -0.2) is 28.1 Å². The van der Waals surface area contributed by atoms with Crippen LogP contribution >= 0.6 is 0 Å². The van der Waals surface area contributed by atoms with Gasteiger partial charge in [-0.2, -0.15) is 0 Å². The Balaban J connectivity index is 2.38. The van der Waals surface area contributed by atoms with Gasteiger partial charge in [0.1, 0.15) is 0 Å². The number of ether oxygens (including phenoxy) is 1. The van der Waals surface area contributed by atoms with E-state index in [1.54, 1.807) is 6.92 Å². The van der Waals surface area contributed by atoms with Crippen LogP contribution in [0.25, 0.3) is 0 Å². The molecule has 124 valence electrons. The highest BCUT2D eigenvalue weighted by molar-refractivity contribution is 6.01. The molecule has 0 aromatic heterocycles. The summed E-state index contributed by atoms with van der Waals surface area (Å²) < 4.78 is 5.25. The number of hydrogen-bond donors (Lipinski definition) is 2. The minimum Gasteiger partial charge on any atom is -0.507 e. The number of carbonyl (C=O) groups excluding carboxylic acids is 2. The Bertz CT molecular complexity index is 657. The van der Waals surface area contributed by atoms with Crippen LogP contribution in [0, 0.1) is 0 Å². The van der Waals surface area contributed by atoms with Gasteiger partial charge in [0.2, 0.25) is 5.60 Å². The van der Waals surface area contributed by atoms with Crippen LogP contribution in [0.5, 0.6) is 0 Å². The normalized spacial score (nSPS) is 22.7. The molecular weight excluding hydrogens is 294 g/mol. The SMILES string of the molecule is CC(C1=C(O)C(C)(C(=O)NC(C)(C)C)OC1=O)c1ccccc1. The van der Waals surface area contributed by atoms with Crippen molar-refractivity contribution >= 4 is 11.9 Å². The summed E-state index contributed by atoms with van der Waals surface area (Å²) in [6.07, 6.45) is 0. The minimum absolute atomic E-state index is 0.128. The Morgan fingerprint density at radius 3 is 2.35 bits per heavy atom. The molecule has 2 unspecified atom stereocenters. The van der Waals surface area contributed by atoms with Gasteiger partial charge in [-0.3, -0.25) is 4.79 Å². The number of benzene rings is 1. The fourth-order valence-electron chi connectivity index (χ4n) is 2.55. The topological polar surface area (TPSA) is 75.6 Å². The molecule has 5 heteroatoms. The van der Waals surface area contributed by atoms with Crippen LogP contribution in [-0.2, 0) is 14.3 Å². The van der Waals surface area contributed by atoms with Gasteiger partial charge in [-0.1, -0.05) is 37.3 Å². The molecule has 2 rings (SSSR count). The number of hydrogen-bond acceptors (Lipinski definition) is 4. The van der Waals surface area contributed by atoms with Crippen LogP contribution in [0.4, 0.5) is 0 Å². The van der Waals surface area contributed by atoms with Crippen molar-refractivity contribution in [1.82, 2.24) is 5.32 Å². The molecule has 1 aliphatic rings. The first-order valence-corrected chi connectivity index (χ1v) is 7.61. The van der Waals surface area contributed by atoms with E-state index in [1.165, 1.54) is 6.92 Å². The Morgan fingerprint density at radius 2 is 1.83 bits per heavy atom. The zero-order chi connectivity index (χ0) is 17.4. The monoisotopic (exact) mass is 317 g/mol. The summed E-state index contributed by atoms with van der Waals surface area (Å²) in [6, 6.07) is 9.31. The Hall–Kier alpha value is -2.30. The lowest BCUT2D eigenvalue weighted by atomic mass is 9.89. The van der Waals surface area contributed by atoms with E-state index >= 15 is 0 Å². The van der Waals surface area contributed by atoms with Gasteiger partial charge in [-0.25, -0.2) is 4.79 Å². The number of cyclic esters (lactones) is 1. The molecule has 0 spiro atoms. The average Bonchev–Trinajstić information content (AvgIpc) is 2.68. The summed E-state index contributed by atoms with van der Waals surface area (Å²) in [5.74, 6) is -1.88. The zero-order valence-electron chi connectivity index (χ0n) is 14.1. The summed E-state index contributed by atoms with van der Waals surface area (Å²) in [4.78, 5) is 24.7. The molecule has 1 aliphatic heterocycles. The maximum absolute atomic E-state index is 12.5. The van der Waals surface area contributed by atoms with E-state index < -0.39 is 23.0 Å². The molecule has 0 bridgehead atoms. The first-order chi connectivity index (χ1) is 10.6. The highest BCUT2D eigenvalue weighted by atomic mass is 16.6. The van der Waals surface area contributed by atoms with Gasteiger partial charge in [0.05, 0.1) is 5.57 Å². The molecule has 0 aliphatic carbocycles. The average molecular weight is 317 g/mol. The number of aliphatic hydroxyl groups excluding tert-OH is 1. The Labute approximate surface area is 136 Å². The van der Waals surface area contributed by atoms with Crippen molar-refractivity contribution < 1.29 is 19.4 Å². The highest BCUT2D eigenvalue weighted by Crippen LogP contribution is 2.38. The molecule has 2 atom stereocenters. The second-order valence-corrected chi connectivity index (χ2v) is 7.02. The predicted octanol–water partition coefficient (Wildman–Crippen LogP) is 2.83. The van der Waals surface area contributed by atoms with E-state index in [9.17, 15) is 14.7 Å². The molecule has 1 heterocycles. The van der Waals surface area contributed by atoms with Crippen LogP contribution in [0.1, 0.15) is 46.1 Å². The van der Waals surface area contributed by atoms with Gasteiger partial charge in [-0.05, 0) is 33.3 Å². The third-order valence-corrected chi connectivity index (χ3v) is 3.88. The van der Waals surface area contributed by atoms with Crippen molar-refractivity contribution in [3.05, 3.63) is 47.2 Å². The van der Waals surface area contributed by atoms with Crippen LogP contribution in [0.15, 0.2) is 41.7 Å². The predicted molar refractivity (Wildman–Crippen MR) is 86.9 cm³/mol. The smallest absolute Gasteiger partial charge is 0.339 e. The lowest BCUT2D eigenvalue weighted by Gasteiger charge is -2.28. The second-order valence-electron chi connectivity index (χ2n) is 7.02. The molecule has 1 aromatic rings. The molecule has 1 amide bonds. The number of rotatable bonds is 3. The Morgan fingerprint density at radius 1 is 1.26 bits per heavy atom. The maximum Gasteiger partial charge on any atom is 0.339 e. The van der Waals surface area contributed by atoms with Gasteiger partial charge < -0.3 is 15.2 Å². The second kappa shape index (κ2) is 5.72. The fourth-order valence-corrected chi connectivity index (χ4v) is 2.55. The number of nitrogens with one attached hydrogen (secondary N) is 1. The van der Waals surface area contributed by atoms with Crippen molar-refractivity contribution in [1.29, 1.82) is 0 Å². The zero-order valence-corrected chi connectivity index (χ0v) is 14.1. The van der Waals surface area contributed by atoms with Gasteiger partial charge >= 0.3 is 5.97 Å².